The van der Waals surface area contributed by atoms with Crippen molar-refractivity contribution >= 4 is 46.0 Å². The molecule has 1 heterocycles. The number of non-ortho nitro benzene ring substituents is 1. The molecular weight excluding hydrogens is 308 g/mol. The number of nitrogens with zero attached hydrogens (tertiary/aromatic N) is 2. The summed E-state index contributed by atoms with van der Waals surface area (Å²) in [6.07, 6.45) is 1.71. The number of hydrogen-bond donors (Lipinski definition) is 0. The summed E-state index contributed by atoms with van der Waals surface area (Å²) in [7, 11) is 0. The van der Waals surface area contributed by atoms with Gasteiger partial charge < -0.3 is 0 Å². The summed E-state index contributed by atoms with van der Waals surface area (Å²) in [6, 6.07) is 6.07. The molecule has 1 aliphatic heterocycles. The fraction of sp³-hybridized carbons (Fsp3) is 0.286. The van der Waals surface area contributed by atoms with E-state index in [-0.39, 0.29) is 11.6 Å². The lowest BCUT2D eigenvalue weighted by Gasteiger charge is -2.16. The number of rotatable bonds is 4. The summed E-state index contributed by atoms with van der Waals surface area (Å²) in [5, 5.41) is 10.6. The molecule has 110 valence electrons. The maximum atomic E-state index is 12.3. The number of nitro benzene ring substituents is 1. The number of hydrogen-bond acceptors (Lipinski definition) is 5. The molecule has 1 aliphatic rings. The van der Waals surface area contributed by atoms with Crippen LogP contribution in [0.3, 0.4) is 0 Å². The van der Waals surface area contributed by atoms with E-state index in [1.165, 1.54) is 23.9 Å². The lowest BCUT2D eigenvalue weighted by Crippen LogP contribution is -2.31. The van der Waals surface area contributed by atoms with Crippen LogP contribution >= 0.6 is 24.0 Å². The minimum absolute atomic E-state index is 0.0273. The second-order valence-corrected chi connectivity index (χ2v) is 6.71. The number of nitro groups is 1. The largest absolute Gasteiger partial charge is 0.293 e. The van der Waals surface area contributed by atoms with E-state index < -0.39 is 4.92 Å². The number of thiocarbonyl (C=S) groups is 1. The Morgan fingerprint density at radius 1 is 1.38 bits per heavy atom. The van der Waals surface area contributed by atoms with Crippen molar-refractivity contribution in [3.63, 3.8) is 0 Å². The molecule has 0 aromatic heterocycles. The van der Waals surface area contributed by atoms with Gasteiger partial charge in [0.2, 0.25) is 0 Å². The Bertz CT molecular complexity index is 624. The molecule has 1 aromatic carbocycles. The van der Waals surface area contributed by atoms with E-state index in [1.54, 1.807) is 23.1 Å². The maximum Gasteiger partial charge on any atom is 0.269 e. The molecule has 0 aliphatic carbocycles. The summed E-state index contributed by atoms with van der Waals surface area (Å²) < 4.78 is 0.557. The van der Waals surface area contributed by atoms with Crippen molar-refractivity contribution < 1.29 is 9.72 Å². The summed E-state index contributed by atoms with van der Waals surface area (Å²) >= 11 is 6.49. The molecule has 5 nitrogen and oxygen atoms in total. The predicted molar refractivity (Wildman–Crippen MR) is 87.8 cm³/mol. The predicted octanol–water partition coefficient (Wildman–Crippen LogP) is 3.45. The van der Waals surface area contributed by atoms with Gasteiger partial charge in [-0.2, -0.15) is 0 Å². The molecular formula is C14H14N2O3S2. The molecule has 1 fully saturated rings. The van der Waals surface area contributed by atoms with Gasteiger partial charge >= 0.3 is 0 Å². The molecule has 7 heteroatoms. The minimum atomic E-state index is -0.452. The number of carbonyl (C=O) groups excluding carboxylic acids is 1. The Labute approximate surface area is 132 Å². The van der Waals surface area contributed by atoms with Gasteiger partial charge in [0, 0.05) is 18.7 Å². The third-order valence-electron chi connectivity index (χ3n) is 2.82. The monoisotopic (exact) mass is 322 g/mol. The standard InChI is InChI=1S/C14H14N2O3S2/c1-9(2)8-15-13(17)12(21-14(15)20)7-10-3-5-11(6-4-10)16(18)19/h3-7,9H,8H2,1-2H3/b12-7-. The van der Waals surface area contributed by atoms with Crippen LogP contribution in [-0.4, -0.2) is 26.6 Å². The minimum Gasteiger partial charge on any atom is -0.293 e. The van der Waals surface area contributed by atoms with Gasteiger partial charge in [0.05, 0.1) is 9.83 Å². The van der Waals surface area contributed by atoms with Crippen LogP contribution in [0.5, 0.6) is 0 Å². The molecule has 1 saturated heterocycles. The molecule has 0 atom stereocenters. The van der Waals surface area contributed by atoms with Crippen molar-refractivity contribution in [1.82, 2.24) is 4.90 Å². The number of amides is 1. The van der Waals surface area contributed by atoms with E-state index in [0.29, 0.717) is 21.7 Å². The highest BCUT2D eigenvalue weighted by atomic mass is 32.2. The molecule has 0 N–H and O–H groups in total. The van der Waals surface area contributed by atoms with Gasteiger partial charge in [-0.1, -0.05) is 37.8 Å². The molecule has 21 heavy (non-hydrogen) atoms. The highest BCUT2D eigenvalue weighted by Gasteiger charge is 2.32. The van der Waals surface area contributed by atoms with E-state index in [0.717, 1.165) is 5.56 Å². The quantitative estimate of drug-likeness (QED) is 0.368. The summed E-state index contributed by atoms with van der Waals surface area (Å²) in [6.45, 7) is 4.65. The third kappa shape index (κ3) is 3.68. The van der Waals surface area contributed by atoms with Crippen molar-refractivity contribution in [1.29, 1.82) is 0 Å². The normalized spacial score (nSPS) is 17.1. The van der Waals surface area contributed by atoms with Gasteiger partial charge in [-0.3, -0.25) is 19.8 Å². The highest BCUT2D eigenvalue weighted by molar-refractivity contribution is 8.26. The van der Waals surface area contributed by atoms with Gasteiger partial charge in [-0.15, -0.1) is 0 Å². The van der Waals surface area contributed by atoms with E-state index >= 15 is 0 Å². The van der Waals surface area contributed by atoms with Crippen molar-refractivity contribution in [3.05, 3.63) is 44.8 Å². The van der Waals surface area contributed by atoms with Gasteiger partial charge in [0.25, 0.3) is 11.6 Å². The van der Waals surface area contributed by atoms with Crippen molar-refractivity contribution in [2.24, 2.45) is 5.92 Å². The van der Waals surface area contributed by atoms with Crippen LogP contribution in [0.1, 0.15) is 19.4 Å². The number of carbonyl (C=O) groups is 1. The highest BCUT2D eigenvalue weighted by Crippen LogP contribution is 2.33. The van der Waals surface area contributed by atoms with Crippen LogP contribution in [0.15, 0.2) is 29.2 Å². The van der Waals surface area contributed by atoms with Crippen molar-refractivity contribution in [2.45, 2.75) is 13.8 Å². The zero-order chi connectivity index (χ0) is 15.6. The van der Waals surface area contributed by atoms with E-state index in [2.05, 4.69) is 0 Å². The van der Waals surface area contributed by atoms with Gasteiger partial charge in [-0.05, 0) is 29.7 Å². The average molecular weight is 322 g/mol. The molecule has 0 saturated carbocycles. The third-order valence-corrected chi connectivity index (χ3v) is 4.20. The van der Waals surface area contributed by atoms with Crippen LogP contribution in [0.4, 0.5) is 5.69 Å². The average Bonchev–Trinajstić information content (AvgIpc) is 2.67. The Hall–Kier alpha value is -1.73. The van der Waals surface area contributed by atoms with Crippen LogP contribution in [0, 0.1) is 16.0 Å². The molecule has 0 spiro atoms. The fourth-order valence-corrected chi connectivity index (χ4v) is 3.14. The van der Waals surface area contributed by atoms with Crippen LogP contribution in [0.2, 0.25) is 0 Å². The molecule has 0 unspecified atom stereocenters. The zero-order valence-corrected chi connectivity index (χ0v) is 13.2. The fourth-order valence-electron chi connectivity index (χ4n) is 1.87. The summed E-state index contributed by atoms with van der Waals surface area (Å²) in [5.41, 5.74) is 0.769. The van der Waals surface area contributed by atoms with Crippen LogP contribution in [0.25, 0.3) is 6.08 Å². The first-order valence-corrected chi connectivity index (χ1v) is 7.61. The molecule has 0 radical (unpaired) electrons. The van der Waals surface area contributed by atoms with Gasteiger partial charge in [0.1, 0.15) is 4.32 Å². The topological polar surface area (TPSA) is 63.5 Å². The van der Waals surface area contributed by atoms with E-state index in [4.69, 9.17) is 12.2 Å². The second-order valence-electron chi connectivity index (χ2n) is 5.03. The first kappa shape index (κ1) is 15.7. The SMILES string of the molecule is CC(C)CN1C(=O)/C(=C/c2ccc([N+](=O)[O-])cc2)SC1=S. The number of thioether (sulfide) groups is 1. The van der Waals surface area contributed by atoms with E-state index in [1.807, 2.05) is 13.8 Å². The lowest BCUT2D eigenvalue weighted by atomic mass is 10.2. The molecule has 1 amide bonds. The molecule has 0 bridgehead atoms. The van der Waals surface area contributed by atoms with Gasteiger partial charge in [0.15, 0.2) is 0 Å². The summed E-state index contributed by atoms with van der Waals surface area (Å²) in [4.78, 5) is 24.6. The van der Waals surface area contributed by atoms with Gasteiger partial charge in [-0.25, -0.2) is 0 Å². The molecule has 2 rings (SSSR count). The lowest BCUT2D eigenvalue weighted by molar-refractivity contribution is -0.384. The van der Waals surface area contributed by atoms with E-state index in [9.17, 15) is 14.9 Å². The Balaban J connectivity index is 2.20. The second kappa shape index (κ2) is 6.36. The zero-order valence-electron chi connectivity index (χ0n) is 11.6. The van der Waals surface area contributed by atoms with Crippen LogP contribution in [-0.2, 0) is 4.79 Å². The van der Waals surface area contributed by atoms with Crippen LogP contribution < -0.4 is 0 Å². The summed E-state index contributed by atoms with van der Waals surface area (Å²) in [5.74, 6) is 0.239. The Morgan fingerprint density at radius 2 is 2.00 bits per heavy atom. The molecule has 1 aromatic rings. The first-order valence-electron chi connectivity index (χ1n) is 6.38. The smallest absolute Gasteiger partial charge is 0.269 e. The Morgan fingerprint density at radius 3 is 2.52 bits per heavy atom. The first-order chi connectivity index (χ1) is 9.88. The Kier molecular flexibility index (Phi) is 4.74. The number of benzene rings is 1. The van der Waals surface area contributed by atoms with Crippen molar-refractivity contribution in [2.75, 3.05) is 6.54 Å². The van der Waals surface area contributed by atoms with Crippen molar-refractivity contribution in [3.8, 4) is 0 Å². The maximum absolute atomic E-state index is 12.3.